The van der Waals surface area contributed by atoms with E-state index in [-0.39, 0.29) is 35.8 Å². The first-order valence-electron chi connectivity index (χ1n) is 11.1. The number of hydrogen-bond acceptors (Lipinski definition) is 8. The lowest BCUT2D eigenvalue weighted by Gasteiger charge is -2.43. The van der Waals surface area contributed by atoms with Gasteiger partial charge in [0.25, 0.3) is 0 Å². The van der Waals surface area contributed by atoms with Crippen LogP contribution in [0.1, 0.15) is 37.2 Å². The normalized spacial score (nSPS) is 23.3. The highest BCUT2D eigenvalue weighted by molar-refractivity contribution is 5.70. The Bertz CT molecular complexity index is 1230. The maximum absolute atomic E-state index is 13.2. The Kier molecular flexibility index (Phi) is 7.08. The number of aliphatic imine (C=N–C) groups is 2. The Labute approximate surface area is 207 Å². The van der Waals surface area contributed by atoms with Crippen molar-refractivity contribution in [2.45, 2.75) is 44.3 Å². The summed E-state index contributed by atoms with van der Waals surface area (Å²) in [6.07, 6.45) is -3.44. The van der Waals surface area contributed by atoms with Crippen LogP contribution in [0.5, 0.6) is 0 Å². The van der Waals surface area contributed by atoms with Crippen molar-refractivity contribution in [2.24, 2.45) is 9.98 Å². The van der Waals surface area contributed by atoms with Crippen LogP contribution in [0.3, 0.4) is 0 Å². The summed E-state index contributed by atoms with van der Waals surface area (Å²) in [5, 5.41) is 3.28. The summed E-state index contributed by atoms with van der Waals surface area (Å²) in [5.74, 6) is -0.561. The number of H-pyrrole nitrogens is 1. The van der Waals surface area contributed by atoms with Crippen molar-refractivity contribution in [1.82, 2.24) is 30.2 Å². The number of anilines is 1. The number of hydrogen-bond donors (Lipinski definition) is 2. The van der Waals surface area contributed by atoms with Gasteiger partial charge in [-0.3, -0.25) is 9.98 Å². The molecule has 0 bridgehead atoms. The maximum Gasteiger partial charge on any atom is 0.449 e. The van der Waals surface area contributed by atoms with E-state index in [4.69, 9.17) is 0 Å². The summed E-state index contributed by atoms with van der Waals surface area (Å²) in [6.45, 7) is 7.57. The average Bonchev–Trinajstić information content (AvgIpc) is 3.34. The molecule has 15 heteroatoms. The summed E-state index contributed by atoms with van der Waals surface area (Å²) in [6, 6.07) is 0.574. The smallest absolute Gasteiger partial charge is 0.350 e. The lowest BCUT2D eigenvalue weighted by atomic mass is 9.99. The Morgan fingerprint density at radius 1 is 1.16 bits per heavy atom. The van der Waals surface area contributed by atoms with Gasteiger partial charge in [0.1, 0.15) is 11.5 Å². The van der Waals surface area contributed by atoms with E-state index in [0.717, 1.165) is 18.6 Å². The molecule has 0 saturated carbocycles. The van der Waals surface area contributed by atoms with Crippen molar-refractivity contribution < 1.29 is 26.3 Å². The van der Waals surface area contributed by atoms with Gasteiger partial charge in [0.2, 0.25) is 5.82 Å². The van der Waals surface area contributed by atoms with Crippen molar-refractivity contribution in [3.8, 4) is 0 Å². The number of imidazole rings is 1. The molecule has 1 saturated heterocycles. The van der Waals surface area contributed by atoms with Crippen molar-refractivity contribution in [3.05, 3.63) is 53.9 Å². The van der Waals surface area contributed by atoms with Crippen molar-refractivity contribution >= 4 is 24.4 Å². The van der Waals surface area contributed by atoms with Crippen molar-refractivity contribution in [1.29, 1.82) is 0 Å². The second-order valence-corrected chi connectivity index (χ2v) is 8.53. The van der Waals surface area contributed by atoms with Gasteiger partial charge < -0.3 is 20.1 Å². The van der Waals surface area contributed by atoms with Gasteiger partial charge in [0.15, 0.2) is 11.5 Å². The molecule has 4 heterocycles. The minimum atomic E-state index is -4.65. The minimum absolute atomic E-state index is 0.0268. The van der Waals surface area contributed by atoms with Crippen LogP contribution in [0.25, 0.3) is 5.70 Å². The van der Waals surface area contributed by atoms with Crippen LogP contribution >= 0.6 is 0 Å². The molecule has 0 amide bonds. The van der Waals surface area contributed by atoms with Crippen molar-refractivity contribution in [2.75, 3.05) is 18.0 Å². The van der Waals surface area contributed by atoms with E-state index in [1.807, 2.05) is 18.7 Å². The summed E-state index contributed by atoms with van der Waals surface area (Å²) in [7, 11) is 0. The van der Waals surface area contributed by atoms with E-state index < -0.39 is 29.9 Å². The number of nitrogens with zero attached hydrogens (tertiary/aromatic N) is 7. The molecule has 2 aliphatic heterocycles. The number of aromatic nitrogens is 4. The van der Waals surface area contributed by atoms with Crippen LogP contribution in [0.4, 0.5) is 32.2 Å². The molecule has 0 spiro atoms. The van der Waals surface area contributed by atoms with Crippen molar-refractivity contribution in [3.63, 3.8) is 0 Å². The maximum atomic E-state index is 13.2. The van der Waals surface area contributed by atoms with Gasteiger partial charge in [-0.25, -0.2) is 15.0 Å². The predicted molar refractivity (Wildman–Crippen MR) is 125 cm³/mol. The van der Waals surface area contributed by atoms with Gasteiger partial charge in [-0.15, -0.1) is 0 Å². The van der Waals surface area contributed by atoms with E-state index in [0.29, 0.717) is 12.4 Å². The Morgan fingerprint density at radius 3 is 2.57 bits per heavy atom. The van der Waals surface area contributed by atoms with E-state index in [9.17, 15) is 26.3 Å². The highest BCUT2D eigenvalue weighted by atomic mass is 19.4. The number of rotatable bonds is 5. The van der Waals surface area contributed by atoms with Crippen LogP contribution in [-0.2, 0) is 6.18 Å². The van der Waals surface area contributed by atoms with E-state index in [1.165, 1.54) is 17.3 Å². The first-order valence-corrected chi connectivity index (χ1v) is 11.1. The van der Waals surface area contributed by atoms with Crippen LogP contribution in [0.15, 0.2) is 46.5 Å². The van der Waals surface area contributed by atoms with Crippen LogP contribution < -0.4 is 10.2 Å². The molecule has 3 unspecified atom stereocenters. The summed E-state index contributed by atoms with van der Waals surface area (Å²) < 4.78 is 78.9. The molecule has 4 rings (SSSR count). The largest absolute Gasteiger partial charge is 0.449 e. The fourth-order valence-electron chi connectivity index (χ4n) is 4.18. The predicted octanol–water partition coefficient (Wildman–Crippen LogP) is 3.94. The Balaban J connectivity index is 1.65. The van der Waals surface area contributed by atoms with Gasteiger partial charge in [0.05, 0.1) is 30.7 Å². The lowest BCUT2D eigenvalue weighted by Crippen LogP contribution is -2.56. The molecule has 0 aliphatic carbocycles. The number of piperazine rings is 1. The zero-order chi connectivity index (χ0) is 27.0. The number of nitrogens with one attached hydrogen (secondary N) is 2. The topological polar surface area (TPSA) is 97.7 Å². The Morgan fingerprint density at radius 2 is 1.92 bits per heavy atom. The lowest BCUT2D eigenvalue weighted by molar-refractivity contribution is -0.144. The average molecular weight is 527 g/mol. The zero-order valence-electron chi connectivity index (χ0n) is 19.7. The van der Waals surface area contributed by atoms with Gasteiger partial charge in [-0.05, 0) is 26.6 Å². The first-order chi connectivity index (χ1) is 17.4. The molecule has 9 nitrogen and oxygen atoms in total. The van der Waals surface area contributed by atoms with Gasteiger partial charge in [-0.2, -0.15) is 26.3 Å². The molecule has 198 valence electrons. The molecule has 0 aromatic carbocycles. The number of allylic oxidation sites excluding steroid dienone is 1. The molecular formula is C22H23F6N9. The molecule has 2 aromatic heterocycles. The molecule has 2 aliphatic rings. The van der Waals surface area contributed by atoms with Crippen LogP contribution in [0.2, 0.25) is 0 Å². The highest BCUT2D eigenvalue weighted by Gasteiger charge is 2.39. The van der Waals surface area contributed by atoms with Crippen LogP contribution in [-0.4, -0.2) is 69.1 Å². The minimum Gasteiger partial charge on any atom is -0.350 e. The quantitative estimate of drug-likeness (QED) is 0.452. The number of halogens is 6. The molecule has 2 N–H and O–H groups in total. The second kappa shape index (κ2) is 9.95. The molecule has 1 fully saturated rings. The summed E-state index contributed by atoms with van der Waals surface area (Å²) >= 11 is 0. The SMILES string of the molecule is C=N/C=C(/c1nccc(N2CC(C)NC(c3cnc(C(F)(F)F)[nH]3)C2C)n1)N1C=C(C(F)(F)F)N=CC1. The molecule has 2 aromatic rings. The second-order valence-electron chi connectivity index (χ2n) is 8.53. The zero-order valence-corrected chi connectivity index (χ0v) is 19.7. The highest BCUT2D eigenvalue weighted by Crippen LogP contribution is 2.33. The summed E-state index contributed by atoms with van der Waals surface area (Å²) in [4.78, 5) is 24.9. The van der Waals surface area contributed by atoms with E-state index >= 15 is 0 Å². The standard InChI is InChI=1S/C22H23F6N9/c1-12-10-37(13(2)18(33-12)14-8-32-20(34-14)22(26,27)28)17-4-5-31-19(35-17)15(9-29-3)36-7-6-30-16(11-36)21(23,24)25/h4-6,8-9,11-13,18,33H,3,7,10H2,1-2H3,(H,32,34)/b15-9-. The van der Waals surface area contributed by atoms with Gasteiger partial charge in [-0.1, -0.05) is 0 Å². The third kappa shape index (κ3) is 5.65. The molecular weight excluding hydrogens is 504 g/mol. The monoisotopic (exact) mass is 527 g/mol. The molecule has 3 atom stereocenters. The van der Waals surface area contributed by atoms with Gasteiger partial charge in [0, 0.05) is 37.2 Å². The Hall–Kier alpha value is -3.75. The number of aromatic amines is 1. The van der Waals surface area contributed by atoms with Gasteiger partial charge >= 0.3 is 12.4 Å². The molecule has 37 heavy (non-hydrogen) atoms. The van der Waals surface area contributed by atoms with E-state index in [2.05, 4.69) is 42.0 Å². The summed E-state index contributed by atoms with van der Waals surface area (Å²) in [5.41, 5.74) is -0.657. The van der Waals surface area contributed by atoms with E-state index in [1.54, 1.807) is 6.07 Å². The third-order valence-electron chi connectivity index (χ3n) is 5.87. The number of alkyl halides is 6. The van der Waals surface area contributed by atoms with Crippen LogP contribution in [0, 0.1) is 0 Å². The molecule has 0 radical (unpaired) electrons. The fourth-order valence-corrected chi connectivity index (χ4v) is 4.18. The fraction of sp³-hybridized carbons (Fsp3) is 0.409. The first kappa shape index (κ1) is 26.3. The third-order valence-corrected chi connectivity index (χ3v) is 5.87.